The molecule has 4 rings (SSSR count). The summed E-state index contributed by atoms with van der Waals surface area (Å²) in [6.07, 6.45) is 17.3. The third-order valence-corrected chi connectivity index (χ3v) is 7.20. The summed E-state index contributed by atoms with van der Waals surface area (Å²) < 4.78 is 2.98. The van der Waals surface area contributed by atoms with E-state index in [0.29, 0.717) is 0 Å². The molecule has 1 N–H and O–H groups in total. The minimum atomic E-state index is -0.356. The zero-order chi connectivity index (χ0) is 20.2. The first-order chi connectivity index (χ1) is 14.2. The third-order valence-electron chi connectivity index (χ3n) is 7.20. The summed E-state index contributed by atoms with van der Waals surface area (Å²) in [6.45, 7) is 0. The van der Waals surface area contributed by atoms with Crippen molar-refractivity contribution in [3.05, 3.63) is 26.4 Å². The van der Waals surface area contributed by atoms with Crippen molar-refractivity contribution in [3.63, 3.8) is 0 Å². The van der Waals surface area contributed by atoms with Crippen molar-refractivity contribution in [3.8, 4) is 5.88 Å². The molecule has 0 bridgehead atoms. The highest BCUT2D eigenvalue weighted by Crippen LogP contribution is 2.31. The molecule has 3 aliphatic rings. The Labute approximate surface area is 172 Å². The molecule has 6 nitrogen and oxygen atoms in total. The standard InChI is InChI=1S/C23H35N3O3/c27-21-20(16-24-17-10-4-1-5-11-17)22(28)26(19-14-8-3-9-15-19)23(29)25(21)18-12-6-2-7-13-18/h16-19,27H,1-15H2. The van der Waals surface area contributed by atoms with Gasteiger partial charge in [-0.3, -0.25) is 18.9 Å². The Morgan fingerprint density at radius 2 is 1.21 bits per heavy atom. The number of hydrogen-bond acceptors (Lipinski definition) is 4. The maximum absolute atomic E-state index is 13.4. The number of aromatic nitrogens is 2. The molecule has 6 heteroatoms. The van der Waals surface area contributed by atoms with Gasteiger partial charge in [-0.1, -0.05) is 57.8 Å². The molecular formula is C23H35N3O3. The molecule has 0 unspecified atom stereocenters. The quantitative estimate of drug-likeness (QED) is 0.756. The monoisotopic (exact) mass is 401 g/mol. The van der Waals surface area contributed by atoms with Crippen LogP contribution in [-0.2, 0) is 0 Å². The smallest absolute Gasteiger partial charge is 0.334 e. The fourth-order valence-electron chi connectivity index (χ4n) is 5.50. The molecule has 29 heavy (non-hydrogen) atoms. The lowest BCUT2D eigenvalue weighted by atomic mass is 9.94. The van der Waals surface area contributed by atoms with Gasteiger partial charge in [0.25, 0.3) is 5.56 Å². The van der Waals surface area contributed by atoms with Crippen molar-refractivity contribution < 1.29 is 5.11 Å². The zero-order valence-corrected chi connectivity index (χ0v) is 17.5. The van der Waals surface area contributed by atoms with Gasteiger partial charge in [0.05, 0.1) is 0 Å². The van der Waals surface area contributed by atoms with E-state index in [4.69, 9.17) is 0 Å². The lowest BCUT2D eigenvalue weighted by molar-refractivity contribution is 0.271. The molecule has 0 amide bonds. The van der Waals surface area contributed by atoms with Crippen LogP contribution in [0.4, 0.5) is 0 Å². The molecule has 3 aliphatic carbocycles. The van der Waals surface area contributed by atoms with Crippen molar-refractivity contribution in [1.82, 2.24) is 9.13 Å². The number of aliphatic imine (C=N–C) groups is 1. The van der Waals surface area contributed by atoms with Gasteiger partial charge < -0.3 is 5.11 Å². The normalized spacial score (nSPS) is 23.0. The SMILES string of the molecule is O=c1c(C=NC2CCCCC2)c(O)n(C2CCCCC2)c(=O)n1C1CCCCC1. The van der Waals surface area contributed by atoms with E-state index >= 15 is 0 Å². The van der Waals surface area contributed by atoms with Crippen LogP contribution >= 0.6 is 0 Å². The summed E-state index contributed by atoms with van der Waals surface area (Å²) in [5, 5.41) is 11.0. The van der Waals surface area contributed by atoms with E-state index in [2.05, 4.69) is 4.99 Å². The first-order valence-electron chi connectivity index (χ1n) is 11.8. The van der Waals surface area contributed by atoms with Gasteiger partial charge in [-0.15, -0.1) is 0 Å². The second-order valence-corrected chi connectivity index (χ2v) is 9.22. The van der Waals surface area contributed by atoms with Gasteiger partial charge in [-0.2, -0.15) is 0 Å². The molecule has 3 fully saturated rings. The lowest BCUT2D eigenvalue weighted by Gasteiger charge is -2.29. The number of nitrogens with zero attached hydrogens (tertiary/aromatic N) is 3. The molecule has 160 valence electrons. The highest BCUT2D eigenvalue weighted by molar-refractivity contribution is 5.82. The van der Waals surface area contributed by atoms with Crippen LogP contribution in [0, 0.1) is 0 Å². The molecular weight excluding hydrogens is 366 g/mol. The average Bonchev–Trinajstić information content (AvgIpc) is 2.76. The fraction of sp³-hybridized carbons (Fsp3) is 0.783. The van der Waals surface area contributed by atoms with Crippen LogP contribution in [0.5, 0.6) is 5.88 Å². The second kappa shape index (κ2) is 9.31. The van der Waals surface area contributed by atoms with Crippen LogP contribution < -0.4 is 11.2 Å². The van der Waals surface area contributed by atoms with Crippen LogP contribution in [0.3, 0.4) is 0 Å². The van der Waals surface area contributed by atoms with Crippen molar-refractivity contribution in [2.75, 3.05) is 0 Å². The van der Waals surface area contributed by atoms with Crippen molar-refractivity contribution in [1.29, 1.82) is 0 Å². The Morgan fingerprint density at radius 1 is 0.724 bits per heavy atom. The lowest BCUT2D eigenvalue weighted by Crippen LogP contribution is -2.45. The van der Waals surface area contributed by atoms with Crippen LogP contribution in [0.1, 0.15) is 114 Å². The van der Waals surface area contributed by atoms with Gasteiger partial charge in [0.15, 0.2) is 0 Å². The summed E-state index contributed by atoms with van der Waals surface area (Å²) in [7, 11) is 0. The first kappa shape index (κ1) is 20.4. The summed E-state index contributed by atoms with van der Waals surface area (Å²) in [5.41, 5.74) is -0.460. The van der Waals surface area contributed by atoms with Crippen LogP contribution in [-0.4, -0.2) is 26.5 Å². The number of hydrogen-bond donors (Lipinski definition) is 1. The van der Waals surface area contributed by atoms with Crippen molar-refractivity contribution in [2.24, 2.45) is 4.99 Å². The Morgan fingerprint density at radius 3 is 1.76 bits per heavy atom. The van der Waals surface area contributed by atoms with Gasteiger partial charge in [0.2, 0.25) is 5.88 Å². The summed E-state index contributed by atoms with van der Waals surface area (Å²) in [5.74, 6) is -0.168. The molecule has 1 heterocycles. The average molecular weight is 402 g/mol. The molecule has 0 spiro atoms. The van der Waals surface area contributed by atoms with E-state index < -0.39 is 0 Å². The molecule has 0 saturated heterocycles. The summed E-state index contributed by atoms with van der Waals surface area (Å²) in [4.78, 5) is 31.4. The molecule has 1 aromatic rings. The van der Waals surface area contributed by atoms with Gasteiger partial charge in [-0.25, -0.2) is 4.79 Å². The summed E-state index contributed by atoms with van der Waals surface area (Å²) >= 11 is 0. The Hall–Kier alpha value is -1.85. The van der Waals surface area contributed by atoms with E-state index in [1.165, 1.54) is 34.8 Å². The van der Waals surface area contributed by atoms with Crippen LogP contribution in [0.25, 0.3) is 0 Å². The molecule has 0 aromatic carbocycles. The Balaban J connectivity index is 1.78. The molecule has 0 radical (unpaired) electrons. The molecule has 1 aromatic heterocycles. The Kier molecular flexibility index (Phi) is 6.56. The predicted octanol–water partition coefficient (Wildman–Crippen LogP) is 4.48. The topological polar surface area (TPSA) is 76.6 Å². The van der Waals surface area contributed by atoms with Crippen molar-refractivity contribution >= 4 is 6.21 Å². The van der Waals surface area contributed by atoms with E-state index in [1.807, 2.05) is 0 Å². The number of aromatic hydroxyl groups is 1. The predicted molar refractivity (Wildman–Crippen MR) is 115 cm³/mol. The number of rotatable bonds is 4. The largest absolute Gasteiger partial charge is 0.494 e. The Bertz CT molecular complexity index is 836. The van der Waals surface area contributed by atoms with E-state index in [9.17, 15) is 14.7 Å². The fourth-order valence-corrected chi connectivity index (χ4v) is 5.50. The summed E-state index contributed by atoms with van der Waals surface area (Å²) in [6, 6.07) is 0.148. The van der Waals surface area contributed by atoms with E-state index in [0.717, 1.165) is 70.6 Å². The highest BCUT2D eigenvalue weighted by atomic mass is 16.3. The minimum Gasteiger partial charge on any atom is -0.494 e. The van der Waals surface area contributed by atoms with Gasteiger partial charge in [0.1, 0.15) is 5.56 Å². The first-order valence-corrected chi connectivity index (χ1v) is 11.8. The van der Waals surface area contributed by atoms with E-state index in [-0.39, 0.29) is 40.8 Å². The molecule has 3 saturated carbocycles. The van der Waals surface area contributed by atoms with Crippen LogP contribution in [0.2, 0.25) is 0 Å². The second-order valence-electron chi connectivity index (χ2n) is 9.22. The highest BCUT2D eigenvalue weighted by Gasteiger charge is 2.28. The van der Waals surface area contributed by atoms with Gasteiger partial charge in [-0.05, 0) is 38.5 Å². The maximum Gasteiger partial charge on any atom is 0.334 e. The van der Waals surface area contributed by atoms with Gasteiger partial charge >= 0.3 is 5.69 Å². The van der Waals surface area contributed by atoms with E-state index in [1.54, 1.807) is 6.21 Å². The van der Waals surface area contributed by atoms with Crippen LogP contribution in [0.15, 0.2) is 14.6 Å². The molecule has 0 aliphatic heterocycles. The third kappa shape index (κ3) is 4.36. The zero-order valence-electron chi connectivity index (χ0n) is 17.5. The molecule has 0 atom stereocenters. The van der Waals surface area contributed by atoms with Crippen molar-refractivity contribution in [2.45, 2.75) is 114 Å². The van der Waals surface area contributed by atoms with Gasteiger partial charge in [0, 0.05) is 24.3 Å². The minimum absolute atomic E-state index is 0.0199. The maximum atomic E-state index is 13.4.